The standard InChI is InChI=1S/C20H20N.C10H18O2.Ir/c1-13(2)16-5-6-19-17(12-16)7-8-21-20(19)18-10-14(3)9-15(4)11-18;11-8-4-2-1-3-7-5-6-9(12)10(7)8;/h5-10,12-13H,1-4H3;7-12H,1-6H2;/q-1;;. The van der Waals surface area contributed by atoms with Gasteiger partial charge in [0.15, 0.2) is 0 Å². The molecule has 1 aromatic heterocycles. The van der Waals surface area contributed by atoms with Crippen LogP contribution in [0, 0.1) is 31.7 Å². The number of aliphatic hydroxyl groups excluding tert-OH is 2. The van der Waals surface area contributed by atoms with Crippen LogP contribution in [0.3, 0.4) is 0 Å². The third-order valence-electron chi connectivity index (χ3n) is 7.45. The van der Waals surface area contributed by atoms with Gasteiger partial charge in [-0.2, -0.15) is 0 Å². The van der Waals surface area contributed by atoms with Crippen molar-refractivity contribution in [2.24, 2.45) is 11.8 Å². The van der Waals surface area contributed by atoms with Crippen LogP contribution in [0.25, 0.3) is 22.0 Å². The Balaban J connectivity index is 0.000000212. The van der Waals surface area contributed by atoms with Gasteiger partial charge in [-0.25, -0.2) is 0 Å². The SMILES string of the molecule is Cc1[c-]c(-c2nccc3cc(C(C)C)ccc23)cc(C)c1.OC1CCCCC2CCC(O)C12.[Ir]. The quantitative estimate of drug-likeness (QED) is 0.306. The number of aryl methyl sites for hydroxylation is 2. The Hall–Kier alpha value is -1.58. The smallest absolute Gasteiger partial charge is 0.0595 e. The van der Waals surface area contributed by atoms with Gasteiger partial charge in [-0.05, 0) is 65.6 Å². The Labute approximate surface area is 218 Å². The van der Waals surface area contributed by atoms with Gasteiger partial charge in [-0.15, -0.1) is 34.9 Å². The molecule has 2 aliphatic carbocycles. The summed E-state index contributed by atoms with van der Waals surface area (Å²) in [4.78, 5) is 4.60. The molecule has 3 aromatic rings. The third-order valence-corrected chi connectivity index (χ3v) is 7.45. The van der Waals surface area contributed by atoms with Gasteiger partial charge in [-0.1, -0.05) is 58.7 Å². The Kier molecular flexibility index (Phi) is 9.46. The molecule has 0 aliphatic heterocycles. The zero-order valence-electron chi connectivity index (χ0n) is 20.8. The molecule has 2 N–H and O–H groups in total. The number of hydrogen-bond acceptors (Lipinski definition) is 3. The summed E-state index contributed by atoms with van der Waals surface area (Å²) in [7, 11) is 0. The van der Waals surface area contributed by atoms with Gasteiger partial charge in [0, 0.05) is 32.2 Å². The molecule has 34 heavy (non-hydrogen) atoms. The summed E-state index contributed by atoms with van der Waals surface area (Å²) in [5.41, 5.74) is 5.87. The Morgan fingerprint density at radius 1 is 0.912 bits per heavy atom. The first kappa shape index (κ1) is 27.0. The van der Waals surface area contributed by atoms with Crippen LogP contribution in [0.15, 0.2) is 42.6 Å². The van der Waals surface area contributed by atoms with E-state index in [-0.39, 0.29) is 38.2 Å². The predicted octanol–water partition coefficient (Wildman–Crippen LogP) is 6.75. The number of aliphatic hydroxyl groups is 2. The van der Waals surface area contributed by atoms with Crippen molar-refractivity contribution in [3.63, 3.8) is 0 Å². The Morgan fingerprint density at radius 2 is 1.65 bits per heavy atom. The largest absolute Gasteiger partial charge is 0.393 e. The van der Waals surface area contributed by atoms with E-state index >= 15 is 0 Å². The normalized spacial score (nSPS) is 24.1. The van der Waals surface area contributed by atoms with Gasteiger partial charge in [0.05, 0.1) is 12.2 Å². The Morgan fingerprint density at radius 3 is 2.38 bits per heavy atom. The Bertz CT molecular complexity index is 1080. The molecule has 4 heteroatoms. The van der Waals surface area contributed by atoms with Gasteiger partial charge in [0.25, 0.3) is 0 Å². The molecule has 0 saturated heterocycles. The van der Waals surface area contributed by atoms with Crippen molar-refractivity contribution in [1.82, 2.24) is 4.98 Å². The number of fused-ring (bicyclic) bond motifs is 2. The maximum absolute atomic E-state index is 9.77. The van der Waals surface area contributed by atoms with Crippen molar-refractivity contribution < 1.29 is 30.3 Å². The second-order valence-corrected chi connectivity index (χ2v) is 10.4. The van der Waals surface area contributed by atoms with Crippen molar-refractivity contribution in [2.75, 3.05) is 0 Å². The van der Waals surface area contributed by atoms with E-state index < -0.39 is 0 Å². The van der Waals surface area contributed by atoms with Crippen LogP contribution >= 0.6 is 0 Å². The molecule has 4 unspecified atom stereocenters. The number of nitrogens with zero attached hydrogens (tertiary/aromatic N) is 1. The molecule has 5 rings (SSSR count). The van der Waals surface area contributed by atoms with Crippen LogP contribution in [0.4, 0.5) is 0 Å². The van der Waals surface area contributed by atoms with E-state index in [2.05, 4.69) is 75.1 Å². The molecule has 0 bridgehead atoms. The first-order valence-electron chi connectivity index (χ1n) is 12.6. The van der Waals surface area contributed by atoms with Crippen molar-refractivity contribution in [3.8, 4) is 11.3 Å². The number of benzene rings is 2. The van der Waals surface area contributed by atoms with Crippen LogP contribution in [0.2, 0.25) is 0 Å². The van der Waals surface area contributed by atoms with E-state index in [9.17, 15) is 10.2 Å². The van der Waals surface area contributed by atoms with Crippen molar-refractivity contribution in [2.45, 2.75) is 84.3 Å². The molecule has 1 radical (unpaired) electrons. The van der Waals surface area contributed by atoms with Crippen molar-refractivity contribution in [1.29, 1.82) is 0 Å². The summed E-state index contributed by atoms with van der Waals surface area (Å²) in [5, 5.41) is 21.9. The molecule has 2 aromatic carbocycles. The van der Waals surface area contributed by atoms with E-state index in [4.69, 9.17) is 0 Å². The first-order chi connectivity index (χ1) is 15.8. The number of aromatic nitrogens is 1. The van der Waals surface area contributed by atoms with Gasteiger partial charge in [0.2, 0.25) is 0 Å². The molecule has 0 amide bonds. The number of pyridine rings is 1. The maximum atomic E-state index is 9.77. The molecular formula is C30H38IrNO2-. The zero-order chi connectivity index (χ0) is 23.5. The summed E-state index contributed by atoms with van der Waals surface area (Å²) in [5.74, 6) is 1.35. The average molecular weight is 637 g/mol. The molecular weight excluding hydrogens is 599 g/mol. The number of hydrogen-bond donors (Lipinski definition) is 2. The minimum Gasteiger partial charge on any atom is -0.393 e. The molecule has 2 saturated carbocycles. The summed E-state index contributed by atoms with van der Waals surface area (Å²) in [6.45, 7) is 8.65. The molecule has 2 fully saturated rings. The van der Waals surface area contributed by atoms with Gasteiger partial charge in [-0.3, -0.25) is 0 Å². The first-order valence-corrected chi connectivity index (χ1v) is 12.6. The molecule has 4 atom stereocenters. The molecule has 3 nitrogen and oxygen atoms in total. The summed E-state index contributed by atoms with van der Waals surface area (Å²) in [6.07, 6.45) is 7.99. The summed E-state index contributed by atoms with van der Waals surface area (Å²) in [6, 6.07) is 16.5. The van der Waals surface area contributed by atoms with Crippen LogP contribution < -0.4 is 0 Å². The van der Waals surface area contributed by atoms with Crippen LogP contribution in [-0.2, 0) is 20.1 Å². The molecule has 1 heterocycles. The minimum atomic E-state index is -0.227. The van der Waals surface area contributed by atoms with Crippen LogP contribution in [-0.4, -0.2) is 27.4 Å². The maximum Gasteiger partial charge on any atom is 0.0595 e. The van der Waals surface area contributed by atoms with Gasteiger partial charge >= 0.3 is 0 Å². The number of rotatable bonds is 2. The van der Waals surface area contributed by atoms with Crippen molar-refractivity contribution >= 4 is 10.8 Å². The second-order valence-electron chi connectivity index (χ2n) is 10.4. The van der Waals surface area contributed by atoms with Gasteiger partial charge in [0.1, 0.15) is 0 Å². The van der Waals surface area contributed by atoms with Crippen molar-refractivity contribution in [3.05, 3.63) is 65.4 Å². The minimum absolute atomic E-state index is 0. The van der Waals surface area contributed by atoms with E-state index in [1.165, 1.54) is 34.7 Å². The fourth-order valence-corrected chi connectivity index (χ4v) is 5.74. The summed E-state index contributed by atoms with van der Waals surface area (Å²) >= 11 is 0. The third kappa shape index (κ3) is 6.15. The van der Waals surface area contributed by atoms with Crippen LogP contribution in [0.1, 0.15) is 75.0 Å². The van der Waals surface area contributed by atoms with E-state index in [0.717, 1.165) is 42.5 Å². The van der Waals surface area contributed by atoms with Gasteiger partial charge < -0.3 is 15.2 Å². The molecule has 2 aliphatic rings. The van der Waals surface area contributed by atoms with E-state index in [0.29, 0.717) is 11.8 Å². The predicted molar refractivity (Wildman–Crippen MR) is 136 cm³/mol. The summed E-state index contributed by atoms with van der Waals surface area (Å²) < 4.78 is 0. The topological polar surface area (TPSA) is 53.4 Å². The van der Waals surface area contributed by atoms with Crippen LogP contribution in [0.5, 0.6) is 0 Å². The fraction of sp³-hybridized carbons (Fsp3) is 0.500. The average Bonchev–Trinajstić information content (AvgIpc) is 3.04. The zero-order valence-corrected chi connectivity index (χ0v) is 23.2. The fourth-order valence-electron chi connectivity index (χ4n) is 5.74. The molecule has 185 valence electrons. The molecule has 0 spiro atoms. The van der Waals surface area contributed by atoms with E-state index in [1.807, 2.05) is 6.20 Å². The van der Waals surface area contributed by atoms with E-state index in [1.54, 1.807) is 0 Å². The second kappa shape index (κ2) is 11.9. The monoisotopic (exact) mass is 637 g/mol.